The summed E-state index contributed by atoms with van der Waals surface area (Å²) in [6.45, 7) is 4.77. The number of unbranched alkanes of at least 4 members (excludes halogenated alkanes) is 5. The first-order valence-electron chi connectivity index (χ1n) is 37.7. The number of benzene rings is 2. The highest BCUT2D eigenvalue weighted by atomic mass is 16.5. The van der Waals surface area contributed by atoms with Gasteiger partial charge in [-0.1, -0.05) is 89.6 Å². The molecule has 44 heteroatoms. The molecule has 0 aliphatic carbocycles. The van der Waals surface area contributed by atoms with Crippen molar-refractivity contribution in [3.63, 3.8) is 0 Å². The summed E-state index contributed by atoms with van der Waals surface area (Å²) < 4.78 is 5.74. The molecule has 1 aliphatic rings. The van der Waals surface area contributed by atoms with Crippen molar-refractivity contribution in [1.82, 2.24) is 4.98 Å². The molecular weight excluding hydrogens is 1570 g/mol. The zero-order valence-corrected chi connectivity index (χ0v) is 66.0. The summed E-state index contributed by atoms with van der Waals surface area (Å²) in [5, 5.41) is 227. The lowest BCUT2D eigenvalue weighted by atomic mass is 9.97. The second kappa shape index (κ2) is 49.0. The van der Waals surface area contributed by atoms with Crippen LogP contribution in [0.15, 0.2) is 120 Å². The van der Waals surface area contributed by atoms with Crippen LogP contribution < -0.4 is 11.5 Å². The Morgan fingerprint density at radius 1 is 0.538 bits per heavy atom. The quantitative estimate of drug-likeness (QED) is 0.00650. The molecule has 26 N–H and O–H groups in total. The van der Waals surface area contributed by atoms with E-state index in [1.165, 1.54) is 24.3 Å². The van der Waals surface area contributed by atoms with Crippen LogP contribution in [0.1, 0.15) is 160 Å². The molecule has 1 unspecified atom stereocenters. The van der Waals surface area contributed by atoms with Crippen LogP contribution in [-0.4, -0.2) is 318 Å². The van der Waals surface area contributed by atoms with Crippen molar-refractivity contribution in [2.45, 2.75) is 223 Å². The maximum absolute atomic E-state index is 14.9. The molecule has 1 aliphatic heterocycles. The van der Waals surface area contributed by atoms with Gasteiger partial charge in [0.15, 0.2) is 35.6 Å². The molecule has 0 radical (unpaired) electrons. The lowest BCUT2D eigenvalue weighted by molar-refractivity contribution is -0.150. The van der Waals surface area contributed by atoms with Gasteiger partial charge in [0.1, 0.15) is 73.6 Å². The Hall–Kier alpha value is -13.2. The summed E-state index contributed by atoms with van der Waals surface area (Å²) in [6, 6.07) is -10.4. The van der Waals surface area contributed by atoms with E-state index < -0.39 is 261 Å². The molecule has 0 amide bonds. The van der Waals surface area contributed by atoms with Crippen LogP contribution >= 0.6 is 0 Å². The van der Waals surface area contributed by atoms with Crippen LogP contribution in [0.2, 0.25) is 0 Å². The predicted octanol–water partition coefficient (Wildman–Crippen LogP) is 7.92. The van der Waals surface area contributed by atoms with Crippen molar-refractivity contribution in [3.05, 3.63) is 65.9 Å². The number of esters is 1. The van der Waals surface area contributed by atoms with Crippen molar-refractivity contribution in [2.24, 2.45) is 82.5 Å². The first-order chi connectivity index (χ1) is 56.1. The summed E-state index contributed by atoms with van der Waals surface area (Å²) >= 11 is 0. The smallest absolute Gasteiger partial charge is 0.331 e. The fourth-order valence-corrected chi connectivity index (χ4v) is 11.6. The van der Waals surface area contributed by atoms with Gasteiger partial charge in [-0.3, -0.25) is 34.8 Å². The number of H-pyrrole nitrogens is 1. The Morgan fingerprint density at radius 2 is 1.07 bits per heavy atom. The Labute approximate surface area is 680 Å². The molecule has 0 saturated carbocycles. The second-order valence-corrected chi connectivity index (χ2v) is 28.2. The van der Waals surface area contributed by atoms with Crippen molar-refractivity contribution in [2.75, 3.05) is 25.4 Å². The van der Waals surface area contributed by atoms with Crippen molar-refractivity contribution in [3.8, 4) is 0 Å². The molecule has 44 nitrogen and oxygen atoms in total. The van der Waals surface area contributed by atoms with Gasteiger partial charge >= 0.3 is 29.8 Å². The van der Waals surface area contributed by atoms with Gasteiger partial charge in [-0.25, -0.2) is 69.7 Å². The molecule has 119 heavy (non-hydrogen) atoms. The predicted molar refractivity (Wildman–Crippen MR) is 443 cm³/mol. The number of aliphatic hydroxyl groups is 15. The molecule has 0 spiro atoms. The number of anilines is 1. The van der Waals surface area contributed by atoms with Crippen LogP contribution in [0.3, 0.4) is 0 Å². The molecule has 4 rings (SSSR count). The number of carboxylic acid groups (broad SMARTS) is 4. The zero-order valence-electron chi connectivity index (χ0n) is 66.0. The van der Waals surface area contributed by atoms with E-state index in [9.17, 15) is 126 Å². The number of aliphatic imine (C=N–C) groups is 13. The fourth-order valence-electron chi connectivity index (χ4n) is 11.6. The number of nitrogen functional groups attached to an aromatic ring is 1. The number of nitrogens with zero attached hydrogens (tertiary/aromatic N) is 13. The molecule has 1 aromatic heterocycles. The highest BCUT2D eigenvalue weighted by Gasteiger charge is 2.37. The zero-order chi connectivity index (χ0) is 88.9. The molecule has 0 saturated heterocycles. The average molecular weight is 1680 g/mol. The normalized spacial score (nSPS) is 21.8. The number of ketones is 1. The van der Waals surface area contributed by atoms with Gasteiger partial charge in [-0.15, -0.1) is 0 Å². The third-order valence-corrected chi connectivity index (χ3v) is 17.8. The highest BCUT2D eigenvalue weighted by molar-refractivity contribution is 6.04. The fraction of sp³-hybridized carbons (Fsp3) is 0.533. The minimum Gasteiger partial charge on any atom is -0.497 e. The number of nitrogens with two attached hydrogens (primary N) is 2. The number of aromatic nitrogens is 1. The van der Waals surface area contributed by atoms with E-state index in [0.717, 1.165) is 59.3 Å². The Morgan fingerprint density at radius 3 is 1.66 bits per heavy atom. The lowest BCUT2D eigenvalue weighted by Gasteiger charge is -2.24. The number of aromatic amines is 1. The SMILES string of the molecule is CC(C)CCCCCCCCC(O)=N[C@@H](Cc1c[nH]c2ccccc12)C(O)=N[C@H](CC(=N)O)C(O)=N[C@@H](CC(=O)O)C(O)=N[C@@H]1C(O)=NCC(O)=N[C@@H](CCCN)C(O)=N[C@@H](CC(=O)O)C(O)=N[C@H](C)C(O)=N[C@@H](CC(=O)O)C(O)=NCC(O)=N[C@H](CC(=N)O)C(O)=N[C@@H](C(C)CC(=O)O)C(O)=N[C@@H](CC(=O)c2ccccc2N)C(=O)O[C@H]1C. The van der Waals surface area contributed by atoms with E-state index in [4.69, 9.17) is 27.0 Å². The molecule has 2 aromatic carbocycles. The van der Waals surface area contributed by atoms with E-state index >= 15 is 0 Å². The van der Waals surface area contributed by atoms with Crippen LogP contribution in [-0.2, 0) is 35.1 Å². The number of aliphatic hydroxyl groups excluding tert-OH is 15. The summed E-state index contributed by atoms with van der Waals surface area (Å²) in [5.74, 6) is -28.5. The summed E-state index contributed by atoms with van der Waals surface area (Å²) in [5.41, 5.74) is 12.7. The number of cyclic esters (lactones) is 1. The number of ether oxygens (including phenoxy) is 1. The number of carbonyl (C=O) groups is 6. The minimum absolute atomic E-state index is 0.0584. The number of Topliss-reactive ketones (excluding diaryl/α,β-unsaturated/α-hetero) is 1. The van der Waals surface area contributed by atoms with E-state index in [0.29, 0.717) is 28.8 Å². The van der Waals surface area contributed by atoms with E-state index in [1.54, 1.807) is 30.5 Å². The number of carbonyl (C=O) groups excluding carboxylic acids is 2. The van der Waals surface area contributed by atoms with Gasteiger partial charge in [0.2, 0.25) is 70.8 Å². The van der Waals surface area contributed by atoms with Gasteiger partial charge in [-0.05, 0) is 75.3 Å². The van der Waals surface area contributed by atoms with Gasteiger partial charge in [0, 0.05) is 47.6 Å². The second-order valence-electron chi connectivity index (χ2n) is 28.2. The van der Waals surface area contributed by atoms with E-state index in [2.05, 4.69) is 83.7 Å². The number of hydrogen-bond donors (Lipinski definition) is 24. The number of carboxylic acids is 4. The molecular formula is C75H106N18O26. The first kappa shape index (κ1) is 98.2. The van der Waals surface area contributed by atoms with Crippen molar-refractivity contribution >= 4 is 141 Å². The summed E-state index contributed by atoms with van der Waals surface area (Å²) in [6.07, 6.45) is -2.79. The third kappa shape index (κ3) is 34.6. The maximum Gasteiger partial charge on any atom is 0.331 e. The Kier molecular flexibility index (Phi) is 40.4. The molecule has 0 fully saturated rings. The topological polar surface area (TPSA) is 772 Å². The minimum atomic E-state index is -2.44. The number of rotatable bonds is 37. The lowest BCUT2D eigenvalue weighted by Crippen LogP contribution is -2.40. The third-order valence-electron chi connectivity index (χ3n) is 17.8. The van der Waals surface area contributed by atoms with Crippen molar-refractivity contribution in [1.29, 1.82) is 10.8 Å². The van der Waals surface area contributed by atoms with E-state index in [-0.39, 0.29) is 43.5 Å². The number of aliphatic carboxylic acids is 4. The summed E-state index contributed by atoms with van der Waals surface area (Å²) in [4.78, 5) is 132. The summed E-state index contributed by atoms with van der Waals surface area (Å²) in [7, 11) is 0. The van der Waals surface area contributed by atoms with Gasteiger partial charge in [0.05, 0.1) is 38.5 Å². The number of hydrogen-bond acceptors (Lipinski definition) is 24. The molecule has 652 valence electrons. The number of para-hydroxylation sites is 2. The van der Waals surface area contributed by atoms with Gasteiger partial charge in [0.25, 0.3) is 0 Å². The van der Waals surface area contributed by atoms with Crippen molar-refractivity contribution < 1.29 is 131 Å². The molecule has 2 heterocycles. The monoisotopic (exact) mass is 1670 g/mol. The number of fused-ring (bicyclic) bond motifs is 1. The standard InChI is InChI=1S/C75H106N18O26/c1-36(2)17-10-8-6-7-9-11-23-56(97)85-46(26-40-33-80-44-21-15-13-18-41(40)44)69(112)88-48(29-55(79)96)70(113)90-51(32-62(106)107)72(115)93-64-39(5)119-75(118)52(27-53(94)42-19-12-14-20-43(42)77)91-74(117)63(37(3)25-59(100)101)92-71(114)47(28-54(78)95)86-58(99)34-81-66(109)49(30-60(102)103)87-65(108)38(4)83-68(111)50(31-61(104)105)89-67(110)45(22-16-24-76)84-57(98)35-82-73(64)116/h12-15,18-21,33,36-39,45-52,63-64,80H,6-11,16-17,22-32,34-35,76-77H2,1-5H3,(H2,78,95)(H2,79,96)(H,81,109)(H,82,116)(H,83,111)(H,84,98)(H,85,97)(H,86,99)(H,87,108)(H,88,112)(H,89,110)(H,90,113)(H,91,117)(H,92,114)(H,93,115)(H,100,101)(H,102,103)(H,104,105)(H,106,107)/t37?,38-,39+,45+,46+,47-,48-,49+,50+,51+,52+,63+,64+/m1/s1. The largest absolute Gasteiger partial charge is 0.497 e. The number of nitrogens with one attached hydrogen (secondary N) is 3. The highest BCUT2D eigenvalue weighted by Crippen LogP contribution is 2.25. The Balaban J connectivity index is 2.11. The van der Waals surface area contributed by atoms with E-state index in [1.807, 2.05) is 0 Å². The molecule has 0 bridgehead atoms. The van der Waals surface area contributed by atoms with Crippen LogP contribution in [0, 0.1) is 22.7 Å². The first-order valence-corrected chi connectivity index (χ1v) is 37.7. The molecule has 3 aromatic rings. The Bertz CT molecular complexity index is 4430. The van der Waals surface area contributed by atoms with Gasteiger partial charge < -0.3 is 118 Å². The molecule has 13 atom stereocenters. The average Bonchev–Trinajstić information content (AvgIpc) is 1.65. The van der Waals surface area contributed by atoms with Crippen LogP contribution in [0.25, 0.3) is 10.9 Å². The van der Waals surface area contributed by atoms with Gasteiger partial charge in [-0.2, -0.15) is 0 Å². The maximum atomic E-state index is 14.9. The van der Waals surface area contributed by atoms with Crippen LogP contribution in [0.5, 0.6) is 0 Å². The van der Waals surface area contributed by atoms with Crippen LogP contribution in [0.4, 0.5) is 5.69 Å².